The highest BCUT2D eigenvalue weighted by Gasteiger charge is 2.23. The first kappa shape index (κ1) is 18.3. The van der Waals surface area contributed by atoms with Crippen molar-refractivity contribution in [3.8, 4) is 11.5 Å². The van der Waals surface area contributed by atoms with E-state index in [4.69, 9.17) is 4.74 Å². The van der Waals surface area contributed by atoms with E-state index in [0.29, 0.717) is 5.56 Å². The Morgan fingerprint density at radius 3 is 1.88 bits per heavy atom. The first-order chi connectivity index (χ1) is 11.0. The van der Waals surface area contributed by atoms with Crippen LogP contribution in [0.2, 0.25) is 0 Å². The van der Waals surface area contributed by atoms with Crippen LogP contribution in [0.3, 0.4) is 0 Å². The fourth-order valence-corrected chi connectivity index (χ4v) is 2.56. The van der Waals surface area contributed by atoms with Gasteiger partial charge in [-0.05, 0) is 53.6 Å². The van der Waals surface area contributed by atoms with Crippen molar-refractivity contribution < 1.29 is 9.53 Å². The lowest BCUT2D eigenvalue weighted by Gasteiger charge is -2.27. The normalized spacial score (nSPS) is 12.1. The van der Waals surface area contributed by atoms with Gasteiger partial charge in [0.15, 0.2) is 5.78 Å². The number of carbonyl (C=O) groups is 1. The first-order valence-electron chi connectivity index (χ1n) is 8.42. The molecule has 0 N–H and O–H groups in total. The molecule has 24 heavy (non-hydrogen) atoms. The molecule has 0 aliphatic carbocycles. The zero-order valence-corrected chi connectivity index (χ0v) is 15.9. The average molecular weight is 324 g/mol. The van der Waals surface area contributed by atoms with Crippen LogP contribution in [0.5, 0.6) is 11.5 Å². The second-order valence-corrected chi connectivity index (χ2v) is 8.39. The van der Waals surface area contributed by atoms with Crippen LogP contribution in [0.1, 0.15) is 70.0 Å². The van der Waals surface area contributed by atoms with Crippen molar-refractivity contribution >= 4 is 5.78 Å². The zero-order valence-electron chi connectivity index (χ0n) is 15.9. The lowest BCUT2D eigenvalue weighted by Crippen LogP contribution is -2.17. The summed E-state index contributed by atoms with van der Waals surface area (Å²) in [5.74, 6) is 1.67. The molecule has 0 amide bonds. The van der Waals surface area contributed by atoms with E-state index in [0.717, 1.165) is 11.5 Å². The quantitative estimate of drug-likeness (QED) is 0.621. The highest BCUT2D eigenvalue weighted by Crippen LogP contribution is 2.37. The maximum atomic E-state index is 11.4. The van der Waals surface area contributed by atoms with Crippen LogP contribution in [-0.2, 0) is 10.8 Å². The van der Waals surface area contributed by atoms with Gasteiger partial charge in [0.2, 0.25) is 0 Å². The molecule has 0 unspecified atom stereocenters. The third kappa shape index (κ3) is 4.25. The van der Waals surface area contributed by atoms with E-state index in [-0.39, 0.29) is 16.6 Å². The largest absolute Gasteiger partial charge is 0.457 e. The Kier molecular flexibility index (Phi) is 4.89. The van der Waals surface area contributed by atoms with Gasteiger partial charge in [-0.1, -0.05) is 53.7 Å². The summed E-state index contributed by atoms with van der Waals surface area (Å²) in [5, 5.41) is 0. The molecule has 2 heteroatoms. The fourth-order valence-electron chi connectivity index (χ4n) is 2.56. The highest BCUT2D eigenvalue weighted by atomic mass is 16.5. The van der Waals surface area contributed by atoms with E-state index in [9.17, 15) is 4.79 Å². The van der Waals surface area contributed by atoms with Crippen LogP contribution >= 0.6 is 0 Å². The van der Waals surface area contributed by atoms with Crippen molar-refractivity contribution in [1.29, 1.82) is 0 Å². The number of ether oxygens (including phenoxy) is 1. The Labute approximate surface area is 145 Å². The molecular weight excluding hydrogens is 296 g/mol. The first-order valence-corrected chi connectivity index (χ1v) is 8.42. The SMILES string of the molecule is CC(=O)c1ccc(Oc2ccc(C(C)(C)C)cc2C(C)(C)C)cc1. The van der Waals surface area contributed by atoms with Gasteiger partial charge in [-0.25, -0.2) is 0 Å². The number of carbonyl (C=O) groups excluding carboxylic acids is 1. The number of Topliss-reactive ketones (excluding diaryl/α,β-unsaturated/α-hetero) is 1. The van der Waals surface area contributed by atoms with Crippen molar-refractivity contribution in [1.82, 2.24) is 0 Å². The van der Waals surface area contributed by atoms with Gasteiger partial charge in [0.1, 0.15) is 11.5 Å². The zero-order chi connectivity index (χ0) is 18.1. The van der Waals surface area contributed by atoms with Gasteiger partial charge < -0.3 is 4.74 Å². The van der Waals surface area contributed by atoms with E-state index >= 15 is 0 Å². The Morgan fingerprint density at radius 2 is 1.42 bits per heavy atom. The maximum Gasteiger partial charge on any atom is 0.159 e. The molecule has 2 rings (SSSR count). The molecule has 0 aliphatic rings. The van der Waals surface area contributed by atoms with Gasteiger partial charge in [0, 0.05) is 11.1 Å². The topological polar surface area (TPSA) is 26.3 Å². The van der Waals surface area contributed by atoms with E-state index in [1.807, 2.05) is 12.1 Å². The van der Waals surface area contributed by atoms with E-state index in [1.54, 1.807) is 19.1 Å². The number of hydrogen-bond donors (Lipinski definition) is 0. The van der Waals surface area contributed by atoms with Crippen LogP contribution in [0.25, 0.3) is 0 Å². The number of benzene rings is 2. The summed E-state index contributed by atoms with van der Waals surface area (Å²) in [7, 11) is 0. The summed E-state index contributed by atoms with van der Waals surface area (Å²) in [6.45, 7) is 14.8. The Bertz CT molecular complexity index is 726. The molecule has 0 saturated carbocycles. The van der Waals surface area contributed by atoms with Crippen molar-refractivity contribution in [3.05, 3.63) is 59.2 Å². The molecule has 0 heterocycles. The van der Waals surface area contributed by atoms with E-state index in [1.165, 1.54) is 11.1 Å². The molecule has 2 nitrogen and oxygen atoms in total. The molecule has 2 aromatic carbocycles. The van der Waals surface area contributed by atoms with Gasteiger partial charge in [-0.2, -0.15) is 0 Å². The summed E-state index contributed by atoms with van der Waals surface area (Å²) in [6, 6.07) is 13.7. The lowest BCUT2D eigenvalue weighted by atomic mass is 9.80. The Morgan fingerprint density at radius 1 is 0.833 bits per heavy atom. The van der Waals surface area contributed by atoms with Gasteiger partial charge in [0.05, 0.1) is 0 Å². The maximum absolute atomic E-state index is 11.4. The fraction of sp³-hybridized carbons (Fsp3) is 0.409. The molecule has 2 aromatic rings. The summed E-state index contributed by atoms with van der Waals surface area (Å²) in [4.78, 5) is 11.4. The summed E-state index contributed by atoms with van der Waals surface area (Å²) in [5.41, 5.74) is 3.26. The molecule has 0 fully saturated rings. The minimum Gasteiger partial charge on any atom is -0.457 e. The molecule has 0 aliphatic heterocycles. The molecule has 0 radical (unpaired) electrons. The summed E-state index contributed by atoms with van der Waals surface area (Å²) in [6.07, 6.45) is 0. The van der Waals surface area contributed by atoms with E-state index in [2.05, 4.69) is 59.7 Å². The highest BCUT2D eigenvalue weighted by molar-refractivity contribution is 5.94. The molecule has 128 valence electrons. The molecule has 0 aromatic heterocycles. The van der Waals surface area contributed by atoms with Crippen LogP contribution in [0.4, 0.5) is 0 Å². The predicted molar refractivity (Wildman–Crippen MR) is 100 cm³/mol. The number of rotatable bonds is 3. The van der Waals surface area contributed by atoms with Crippen molar-refractivity contribution in [3.63, 3.8) is 0 Å². The molecule has 0 saturated heterocycles. The average Bonchev–Trinajstić information content (AvgIpc) is 2.46. The second-order valence-electron chi connectivity index (χ2n) is 8.39. The van der Waals surface area contributed by atoms with Crippen molar-refractivity contribution in [2.45, 2.75) is 59.3 Å². The number of ketones is 1. The summed E-state index contributed by atoms with van der Waals surface area (Å²) < 4.78 is 6.13. The van der Waals surface area contributed by atoms with Crippen LogP contribution in [0.15, 0.2) is 42.5 Å². The number of hydrogen-bond acceptors (Lipinski definition) is 2. The van der Waals surface area contributed by atoms with Crippen LogP contribution in [-0.4, -0.2) is 5.78 Å². The minimum atomic E-state index is -0.0179. The minimum absolute atomic E-state index is 0.0179. The van der Waals surface area contributed by atoms with Gasteiger partial charge in [-0.3, -0.25) is 4.79 Å². The van der Waals surface area contributed by atoms with Gasteiger partial charge in [-0.15, -0.1) is 0 Å². The molecule has 0 atom stereocenters. The van der Waals surface area contributed by atoms with Crippen LogP contribution < -0.4 is 4.74 Å². The Balaban J connectivity index is 2.40. The Hall–Kier alpha value is -2.09. The molecule has 0 spiro atoms. The summed E-state index contributed by atoms with van der Waals surface area (Å²) >= 11 is 0. The van der Waals surface area contributed by atoms with Gasteiger partial charge in [0.25, 0.3) is 0 Å². The predicted octanol–water partition coefficient (Wildman–Crippen LogP) is 6.28. The molecular formula is C22H28O2. The monoisotopic (exact) mass is 324 g/mol. The second kappa shape index (κ2) is 6.43. The molecule has 0 bridgehead atoms. The van der Waals surface area contributed by atoms with Gasteiger partial charge >= 0.3 is 0 Å². The third-order valence-electron chi connectivity index (χ3n) is 4.14. The van der Waals surface area contributed by atoms with E-state index < -0.39 is 0 Å². The van der Waals surface area contributed by atoms with Crippen molar-refractivity contribution in [2.75, 3.05) is 0 Å². The van der Waals surface area contributed by atoms with Crippen molar-refractivity contribution in [2.24, 2.45) is 0 Å². The smallest absolute Gasteiger partial charge is 0.159 e. The van der Waals surface area contributed by atoms with Crippen LogP contribution in [0, 0.1) is 0 Å². The third-order valence-corrected chi connectivity index (χ3v) is 4.14. The lowest BCUT2D eigenvalue weighted by molar-refractivity contribution is 0.101. The standard InChI is InChI=1S/C22H28O2/c1-15(23)16-8-11-18(12-9-16)24-20-13-10-17(21(2,3)4)14-19(20)22(5,6)7/h8-14H,1-7H3.